The van der Waals surface area contributed by atoms with E-state index in [1.807, 2.05) is 6.07 Å². The zero-order chi connectivity index (χ0) is 24.5. The lowest BCUT2D eigenvalue weighted by molar-refractivity contribution is -0.202. The topological polar surface area (TPSA) is 127 Å². The van der Waals surface area contributed by atoms with Gasteiger partial charge in [0.1, 0.15) is 5.75 Å². The van der Waals surface area contributed by atoms with Crippen molar-refractivity contribution in [1.29, 1.82) is 0 Å². The van der Waals surface area contributed by atoms with Gasteiger partial charge in [-0.25, -0.2) is 9.59 Å². The second-order valence-electron chi connectivity index (χ2n) is 8.16. The first-order valence-corrected chi connectivity index (χ1v) is 11.3. The van der Waals surface area contributed by atoms with E-state index in [1.165, 1.54) is 0 Å². The van der Waals surface area contributed by atoms with Gasteiger partial charge in [-0.15, -0.1) is 0 Å². The average molecular weight is 472 g/mol. The predicted octanol–water partition coefficient (Wildman–Crippen LogP) is 2.51. The third kappa shape index (κ3) is 4.05. The molecule has 0 saturated carbocycles. The minimum Gasteiger partial charge on any atom is -0.497 e. The molecule has 3 N–H and O–H groups in total. The summed E-state index contributed by atoms with van der Waals surface area (Å²) in [7, 11) is 1.56. The number of ether oxygens (including phenoxy) is 5. The molecule has 2 aromatic rings. The van der Waals surface area contributed by atoms with Gasteiger partial charge in [0.2, 0.25) is 0 Å². The lowest BCUT2D eigenvalue weighted by Gasteiger charge is -2.22. The van der Waals surface area contributed by atoms with Crippen molar-refractivity contribution in [3.8, 4) is 17.2 Å². The number of aliphatic hydroxyl groups is 1. The van der Waals surface area contributed by atoms with Crippen molar-refractivity contribution in [3.05, 3.63) is 52.6 Å². The lowest BCUT2D eigenvalue weighted by atomic mass is 9.93. The number of carbonyl (C=O) groups is 2. The van der Waals surface area contributed by atoms with Crippen molar-refractivity contribution in [1.82, 2.24) is 0 Å². The molecule has 2 atom stereocenters. The zero-order valence-corrected chi connectivity index (χ0v) is 19.5. The Morgan fingerprint density at radius 1 is 1.18 bits per heavy atom. The fraction of sp³-hybridized carbons (Fsp3) is 0.440. The van der Waals surface area contributed by atoms with Crippen LogP contribution >= 0.6 is 0 Å². The quantitative estimate of drug-likeness (QED) is 0.441. The normalized spacial score (nSPS) is 18.2. The second-order valence-corrected chi connectivity index (χ2v) is 8.16. The molecule has 34 heavy (non-hydrogen) atoms. The molecule has 0 spiro atoms. The Balaban J connectivity index is 1.73. The molecular weight excluding hydrogens is 442 g/mol. The lowest BCUT2D eigenvalue weighted by Crippen LogP contribution is -2.56. The van der Waals surface area contributed by atoms with Gasteiger partial charge in [-0.05, 0) is 61.6 Å². The van der Waals surface area contributed by atoms with E-state index in [4.69, 9.17) is 29.4 Å². The Hall–Kier alpha value is -3.30. The van der Waals surface area contributed by atoms with Crippen molar-refractivity contribution >= 4 is 11.9 Å². The van der Waals surface area contributed by atoms with Gasteiger partial charge in [-0.2, -0.15) is 0 Å². The molecule has 0 fully saturated rings. The molecule has 0 bridgehead atoms. The zero-order valence-electron chi connectivity index (χ0n) is 19.5. The van der Waals surface area contributed by atoms with Gasteiger partial charge < -0.3 is 34.5 Å². The monoisotopic (exact) mass is 471 g/mol. The largest absolute Gasteiger partial charge is 0.497 e. The molecule has 0 amide bonds. The third-order valence-corrected chi connectivity index (χ3v) is 6.03. The molecule has 2 unspecified atom stereocenters. The molecule has 0 saturated heterocycles. The summed E-state index contributed by atoms with van der Waals surface area (Å²) in [5.41, 5.74) is 9.42. The van der Waals surface area contributed by atoms with E-state index in [1.54, 1.807) is 45.2 Å². The van der Waals surface area contributed by atoms with Gasteiger partial charge in [-0.1, -0.05) is 12.1 Å². The number of rotatable bonds is 8. The second kappa shape index (κ2) is 9.52. The molecule has 0 radical (unpaired) electrons. The molecule has 1 aliphatic heterocycles. The van der Waals surface area contributed by atoms with E-state index in [2.05, 4.69) is 0 Å². The van der Waals surface area contributed by atoms with Crippen LogP contribution < -0.4 is 19.9 Å². The molecule has 2 aliphatic rings. The van der Waals surface area contributed by atoms with E-state index in [0.717, 1.165) is 16.7 Å². The smallest absolute Gasteiger partial charge is 0.453 e. The first-order valence-electron chi connectivity index (χ1n) is 11.3. The van der Waals surface area contributed by atoms with Gasteiger partial charge in [0.15, 0.2) is 11.5 Å². The van der Waals surface area contributed by atoms with E-state index in [0.29, 0.717) is 24.2 Å². The van der Waals surface area contributed by atoms with Gasteiger partial charge in [0.05, 0.1) is 26.4 Å². The Bertz CT molecular complexity index is 1080. The van der Waals surface area contributed by atoms with Crippen molar-refractivity contribution in [3.63, 3.8) is 0 Å². The number of esters is 2. The summed E-state index contributed by atoms with van der Waals surface area (Å²) in [5, 5.41) is 11.0. The van der Waals surface area contributed by atoms with E-state index in [-0.39, 0.29) is 37.2 Å². The number of nitrogens with two attached hydrogens (primary N) is 1. The summed E-state index contributed by atoms with van der Waals surface area (Å²) >= 11 is 0. The van der Waals surface area contributed by atoms with Crippen molar-refractivity contribution in [2.24, 2.45) is 5.73 Å². The molecule has 0 aromatic heterocycles. The Morgan fingerprint density at radius 2 is 1.88 bits per heavy atom. The number of carbonyl (C=O) groups excluding carboxylic acids is 2. The fourth-order valence-electron chi connectivity index (χ4n) is 4.47. The summed E-state index contributed by atoms with van der Waals surface area (Å²) in [4.78, 5) is 25.6. The highest BCUT2D eigenvalue weighted by atomic mass is 16.8. The van der Waals surface area contributed by atoms with Crippen LogP contribution in [0.15, 0.2) is 30.3 Å². The van der Waals surface area contributed by atoms with Crippen molar-refractivity contribution in [2.75, 3.05) is 20.3 Å². The standard InChI is InChI=1S/C25H29NO8/c1-4-31-23(28)25(24(29)32-5-2)33-20-13-15(21-17(22(20)34-25)9-10-18(21)26)12-19(27)14-7-6-8-16(11-14)30-3/h6-8,11,13,18-19,27H,4-5,9-10,12,26H2,1-3H3. The summed E-state index contributed by atoms with van der Waals surface area (Å²) in [5.74, 6) is -3.22. The highest BCUT2D eigenvalue weighted by Gasteiger charge is 2.60. The SMILES string of the molecule is CCOC(=O)C1(C(=O)OCC)Oc2cc(CC(O)c3cccc(OC)c3)c3c(c2O1)CCC3N. The van der Waals surface area contributed by atoms with E-state index in [9.17, 15) is 14.7 Å². The number of benzene rings is 2. The van der Waals surface area contributed by atoms with Crippen LogP contribution in [0.25, 0.3) is 0 Å². The number of methoxy groups -OCH3 is 1. The van der Waals surface area contributed by atoms with Crippen LogP contribution in [0.1, 0.15) is 54.7 Å². The Morgan fingerprint density at radius 3 is 2.53 bits per heavy atom. The number of hydrogen-bond acceptors (Lipinski definition) is 9. The van der Waals surface area contributed by atoms with E-state index >= 15 is 0 Å². The van der Waals surface area contributed by atoms with Gasteiger partial charge in [0, 0.05) is 18.0 Å². The maximum Gasteiger partial charge on any atom is 0.453 e. The average Bonchev–Trinajstić information content (AvgIpc) is 3.41. The van der Waals surface area contributed by atoms with Gasteiger partial charge in [-0.3, -0.25) is 0 Å². The summed E-state index contributed by atoms with van der Waals surface area (Å²) in [6.45, 7) is 3.30. The van der Waals surface area contributed by atoms with Gasteiger partial charge >= 0.3 is 17.7 Å². The first kappa shape index (κ1) is 23.8. The van der Waals surface area contributed by atoms with Crippen LogP contribution in [0.5, 0.6) is 17.2 Å². The number of hydrogen-bond donors (Lipinski definition) is 2. The van der Waals surface area contributed by atoms with Crippen LogP contribution in [-0.2, 0) is 31.9 Å². The van der Waals surface area contributed by atoms with Crippen molar-refractivity contribution in [2.45, 2.75) is 51.0 Å². The first-order chi connectivity index (χ1) is 16.3. The number of fused-ring (bicyclic) bond motifs is 3. The van der Waals surface area contributed by atoms with Crippen LogP contribution in [0.2, 0.25) is 0 Å². The maximum atomic E-state index is 12.8. The molecule has 1 heterocycles. The highest BCUT2D eigenvalue weighted by Crippen LogP contribution is 2.50. The predicted molar refractivity (Wildman–Crippen MR) is 121 cm³/mol. The Labute approximate surface area is 197 Å². The molecule has 2 aromatic carbocycles. The highest BCUT2D eigenvalue weighted by molar-refractivity contribution is 6.03. The minimum atomic E-state index is -2.38. The van der Waals surface area contributed by atoms with Crippen molar-refractivity contribution < 1.29 is 38.4 Å². The third-order valence-electron chi connectivity index (χ3n) is 6.03. The maximum absolute atomic E-state index is 12.8. The van der Waals surface area contributed by atoms with Crippen LogP contribution in [0, 0.1) is 0 Å². The molecule has 4 rings (SSSR count). The fourth-order valence-corrected chi connectivity index (χ4v) is 4.47. The summed E-state index contributed by atoms with van der Waals surface area (Å²) in [6.07, 6.45) is 0.634. The summed E-state index contributed by atoms with van der Waals surface area (Å²) < 4.78 is 27.1. The minimum absolute atomic E-state index is 0.0318. The Kier molecular flexibility index (Phi) is 6.67. The molecule has 9 nitrogen and oxygen atoms in total. The molecular formula is C25H29NO8. The molecule has 1 aliphatic carbocycles. The molecule has 9 heteroatoms. The molecule has 182 valence electrons. The van der Waals surface area contributed by atoms with Gasteiger partial charge in [0.25, 0.3) is 0 Å². The van der Waals surface area contributed by atoms with Crippen LogP contribution in [0.4, 0.5) is 0 Å². The van der Waals surface area contributed by atoms with Crippen LogP contribution in [0.3, 0.4) is 0 Å². The van der Waals surface area contributed by atoms with E-state index < -0.39 is 23.8 Å². The summed E-state index contributed by atoms with van der Waals surface area (Å²) in [6, 6.07) is 8.58. The number of aliphatic hydroxyl groups excluding tert-OH is 1. The van der Waals surface area contributed by atoms with Crippen LogP contribution in [-0.4, -0.2) is 43.2 Å².